The number of carbonyl (C=O) groups excluding carboxylic acids is 1. The van der Waals surface area contributed by atoms with Crippen molar-refractivity contribution in [2.24, 2.45) is 10.3 Å². The van der Waals surface area contributed by atoms with Gasteiger partial charge in [0.05, 0.1) is 18.4 Å². The second-order valence-electron chi connectivity index (χ2n) is 7.05. The van der Waals surface area contributed by atoms with E-state index in [0.717, 1.165) is 7.05 Å². The van der Waals surface area contributed by atoms with Gasteiger partial charge in [0.1, 0.15) is 11.8 Å². The first-order valence-corrected chi connectivity index (χ1v) is 8.69. The summed E-state index contributed by atoms with van der Waals surface area (Å²) >= 11 is 0. The zero-order valence-corrected chi connectivity index (χ0v) is 16.1. The van der Waals surface area contributed by atoms with Crippen molar-refractivity contribution >= 4 is 17.4 Å². The van der Waals surface area contributed by atoms with E-state index in [9.17, 15) is 31.1 Å². The molecule has 0 spiro atoms. The summed E-state index contributed by atoms with van der Waals surface area (Å²) in [6.45, 7) is 1.57. The van der Waals surface area contributed by atoms with Crippen LogP contribution in [-0.2, 0) is 9.57 Å². The average molecular weight is 437 g/mol. The van der Waals surface area contributed by atoms with Crippen LogP contribution in [0.1, 0.15) is 34.3 Å². The summed E-state index contributed by atoms with van der Waals surface area (Å²) in [5.41, 5.74) is -3.49. The van der Waals surface area contributed by atoms with Crippen LogP contribution in [0, 0.1) is 6.92 Å². The fourth-order valence-electron chi connectivity index (χ4n) is 3.56. The minimum Gasteiger partial charge on any atom is -0.465 e. The Morgan fingerprint density at radius 1 is 1.27 bits per heavy atom. The van der Waals surface area contributed by atoms with E-state index in [1.54, 1.807) is 6.92 Å². The van der Waals surface area contributed by atoms with Crippen molar-refractivity contribution in [2.75, 3.05) is 14.2 Å². The summed E-state index contributed by atoms with van der Waals surface area (Å²) in [7, 11) is 2.23. The molecule has 12 heteroatoms. The Balaban J connectivity index is 1.91. The fourth-order valence-corrected chi connectivity index (χ4v) is 3.56. The molecule has 30 heavy (non-hydrogen) atoms. The molecule has 6 nitrogen and oxygen atoms in total. The molecule has 0 saturated carbocycles. The summed E-state index contributed by atoms with van der Waals surface area (Å²) in [5, 5.41) is 7.41. The Kier molecular flexibility index (Phi) is 5.23. The van der Waals surface area contributed by atoms with Gasteiger partial charge in [-0.2, -0.15) is 31.4 Å². The van der Waals surface area contributed by atoms with Gasteiger partial charge in [0.15, 0.2) is 0 Å². The first-order valence-electron chi connectivity index (χ1n) is 8.69. The van der Waals surface area contributed by atoms with E-state index in [4.69, 9.17) is 4.84 Å². The lowest BCUT2D eigenvalue weighted by atomic mass is 9.84. The lowest BCUT2D eigenvalue weighted by Gasteiger charge is -2.37. The molecule has 2 aliphatic heterocycles. The Morgan fingerprint density at radius 3 is 2.43 bits per heavy atom. The first kappa shape index (κ1) is 21.9. The molecule has 0 saturated heterocycles. The molecule has 2 aliphatic rings. The van der Waals surface area contributed by atoms with E-state index >= 15 is 0 Å². The van der Waals surface area contributed by atoms with Crippen LogP contribution >= 0.6 is 0 Å². The summed E-state index contributed by atoms with van der Waals surface area (Å²) in [6, 6.07) is 2.45. The van der Waals surface area contributed by atoms with Gasteiger partial charge in [-0.3, -0.25) is 5.01 Å². The van der Waals surface area contributed by atoms with Crippen LogP contribution in [0.15, 0.2) is 28.5 Å². The quantitative estimate of drug-likeness (QED) is 0.533. The molecule has 0 fully saturated rings. The van der Waals surface area contributed by atoms with Crippen molar-refractivity contribution in [2.45, 2.75) is 43.8 Å². The van der Waals surface area contributed by atoms with Crippen LogP contribution in [0.25, 0.3) is 0 Å². The summed E-state index contributed by atoms with van der Waals surface area (Å²) < 4.78 is 85.7. The van der Waals surface area contributed by atoms with E-state index in [2.05, 4.69) is 15.0 Å². The molecular weight excluding hydrogens is 420 g/mol. The number of oxime groups is 1. The van der Waals surface area contributed by atoms with Crippen LogP contribution in [0.4, 0.5) is 26.3 Å². The molecule has 0 radical (unpaired) electrons. The minimum atomic E-state index is -5.02. The maximum Gasteiger partial charge on any atom is 0.433 e. The van der Waals surface area contributed by atoms with Crippen LogP contribution < -0.4 is 0 Å². The van der Waals surface area contributed by atoms with Gasteiger partial charge >= 0.3 is 18.3 Å². The number of alkyl halides is 6. The number of hydrogen-bond acceptors (Lipinski definition) is 6. The number of carbonyl (C=O) groups is 1. The zero-order valence-electron chi connectivity index (χ0n) is 16.1. The summed E-state index contributed by atoms with van der Waals surface area (Å²) in [5.74, 6) is -0.613. The second-order valence-corrected chi connectivity index (χ2v) is 7.05. The van der Waals surface area contributed by atoms with Gasteiger partial charge in [-0.05, 0) is 30.2 Å². The highest BCUT2D eigenvalue weighted by Gasteiger charge is 2.68. The smallest absolute Gasteiger partial charge is 0.433 e. The van der Waals surface area contributed by atoms with Gasteiger partial charge in [0.25, 0.3) is 5.60 Å². The molecule has 2 heterocycles. The van der Waals surface area contributed by atoms with Gasteiger partial charge in [-0.1, -0.05) is 11.2 Å². The number of benzene rings is 1. The molecule has 1 aromatic carbocycles. The van der Waals surface area contributed by atoms with E-state index in [1.165, 1.54) is 25.3 Å². The van der Waals surface area contributed by atoms with Crippen LogP contribution in [-0.4, -0.2) is 60.6 Å². The molecule has 2 unspecified atom stereocenters. The number of nitrogens with zero attached hydrogens (tertiary/aromatic N) is 3. The topological polar surface area (TPSA) is 63.5 Å². The van der Waals surface area contributed by atoms with Gasteiger partial charge in [-0.25, -0.2) is 4.79 Å². The van der Waals surface area contributed by atoms with E-state index < -0.39 is 48.5 Å². The monoisotopic (exact) mass is 437 g/mol. The predicted octanol–water partition coefficient (Wildman–Crippen LogP) is 3.83. The SMILES string of the molecule is COC(=O)c1ccc(C2=NOC(C3CC(C(F)(F)F)=NN3C)(C(F)(F)F)C2)cc1C. The highest BCUT2D eigenvalue weighted by atomic mass is 19.4. The van der Waals surface area contributed by atoms with Crippen LogP contribution in [0.5, 0.6) is 0 Å². The average Bonchev–Trinajstić information content (AvgIpc) is 3.25. The summed E-state index contributed by atoms with van der Waals surface area (Å²) in [6.07, 6.45) is -11.7. The molecule has 0 N–H and O–H groups in total. The number of esters is 1. The van der Waals surface area contributed by atoms with Crippen LogP contribution in [0.2, 0.25) is 0 Å². The Labute approximate surface area is 167 Å². The largest absolute Gasteiger partial charge is 0.465 e. The normalized spacial score (nSPS) is 24.4. The molecular formula is C18H17F6N3O3. The fraction of sp³-hybridized carbons (Fsp3) is 0.500. The molecule has 164 valence electrons. The molecule has 0 bridgehead atoms. The third-order valence-corrected chi connectivity index (χ3v) is 5.18. The van der Waals surface area contributed by atoms with Crippen molar-refractivity contribution in [3.8, 4) is 0 Å². The number of hydrogen-bond donors (Lipinski definition) is 0. The number of rotatable bonds is 3. The highest BCUT2D eigenvalue weighted by Crippen LogP contribution is 2.48. The molecule has 0 aliphatic carbocycles. The number of methoxy groups -OCH3 is 1. The van der Waals surface area contributed by atoms with Gasteiger partial charge in [0, 0.05) is 19.9 Å². The zero-order chi connectivity index (χ0) is 22.5. The molecule has 0 amide bonds. The molecule has 2 atom stereocenters. The van der Waals surface area contributed by atoms with Crippen LogP contribution in [0.3, 0.4) is 0 Å². The van der Waals surface area contributed by atoms with Gasteiger partial charge in [-0.15, -0.1) is 0 Å². The number of ether oxygens (including phenoxy) is 1. The van der Waals surface area contributed by atoms with Crippen molar-refractivity contribution in [1.29, 1.82) is 0 Å². The maximum absolute atomic E-state index is 14.0. The third-order valence-electron chi connectivity index (χ3n) is 5.18. The van der Waals surface area contributed by atoms with E-state index in [0.29, 0.717) is 10.6 Å². The number of aryl methyl sites for hydroxylation is 1. The van der Waals surface area contributed by atoms with Gasteiger partial charge < -0.3 is 9.57 Å². The maximum atomic E-state index is 14.0. The Bertz CT molecular complexity index is 925. The van der Waals surface area contributed by atoms with Gasteiger partial charge in [0.2, 0.25) is 0 Å². The lowest BCUT2D eigenvalue weighted by Crippen LogP contribution is -2.58. The standard InChI is InChI=1S/C18H17F6N3O3/c1-9-6-10(4-5-11(9)15(28)29-3)12-8-16(30-26-12,18(22,23)24)14-7-13(17(19,20)21)25-27(14)2/h4-6,14H,7-8H2,1-3H3. The second kappa shape index (κ2) is 7.17. The minimum absolute atomic E-state index is 0.0966. The first-order chi connectivity index (χ1) is 13.8. The number of likely N-dealkylation sites (N-methyl/N-ethyl adjacent to an activating group) is 1. The third kappa shape index (κ3) is 3.58. The van der Waals surface area contributed by atoms with E-state index in [-0.39, 0.29) is 16.8 Å². The molecule has 1 aromatic rings. The predicted molar refractivity (Wildman–Crippen MR) is 93.2 cm³/mol. The van der Waals surface area contributed by atoms with Crippen molar-refractivity contribution in [3.63, 3.8) is 0 Å². The molecule has 3 rings (SSSR count). The Hall–Kier alpha value is -2.79. The number of halogens is 6. The van der Waals surface area contributed by atoms with Crippen molar-refractivity contribution < 1.29 is 40.7 Å². The van der Waals surface area contributed by atoms with E-state index in [1.807, 2.05) is 0 Å². The highest BCUT2D eigenvalue weighted by molar-refractivity contribution is 6.03. The number of hydrazone groups is 1. The van der Waals surface area contributed by atoms with Crippen molar-refractivity contribution in [3.05, 3.63) is 34.9 Å². The van der Waals surface area contributed by atoms with Crippen molar-refractivity contribution in [1.82, 2.24) is 5.01 Å². The lowest BCUT2D eigenvalue weighted by molar-refractivity contribution is -0.286. The Morgan fingerprint density at radius 2 is 1.93 bits per heavy atom. The summed E-state index contributed by atoms with van der Waals surface area (Å²) in [4.78, 5) is 16.5. The molecule has 0 aromatic heterocycles.